The van der Waals surface area contributed by atoms with Gasteiger partial charge in [-0.25, -0.2) is 14.4 Å². The van der Waals surface area contributed by atoms with E-state index < -0.39 is 0 Å². The van der Waals surface area contributed by atoms with E-state index in [1.54, 1.807) is 24.4 Å². The van der Waals surface area contributed by atoms with Crippen molar-refractivity contribution in [3.8, 4) is 28.3 Å². The predicted molar refractivity (Wildman–Crippen MR) is 105 cm³/mol. The molecule has 27 heavy (non-hydrogen) atoms. The summed E-state index contributed by atoms with van der Waals surface area (Å²) in [6.45, 7) is 4.27. The van der Waals surface area contributed by atoms with Crippen LogP contribution in [0.5, 0.6) is 5.75 Å². The van der Waals surface area contributed by atoms with Crippen LogP contribution in [0.3, 0.4) is 0 Å². The number of rotatable bonds is 6. The quantitative estimate of drug-likeness (QED) is 0.371. The molecule has 0 aliphatic rings. The van der Waals surface area contributed by atoms with Crippen LogP contribution in [-0.4, -0.2) is 21.6 Å². The van der Waals surface area contributed by atoms with E-state index in [9.17, 15) is 4.39 Å². The Balaban J connectivity index is 1.67. The number of hydrogen-bond donors (Lipinski definition) is 1. The summed E-state index contributed by atoms with van der Waals surface area (Å²) in [5.74, 6) is 1.19. The van der Waals surface area contributed by atoms with E-state index in [1.807, 2.05) is 36.4 Å². The van der Waals surface area contributed by atoms with Gasteiger partial charge in [-0.3, -0.25) is 0 Å². The minimum atomic E-state index is -0.275. The van der Waals surface area contributed by atoms with E-state index in [0.29, 0.717) is 29.2 Å². The molecule has 2 heterocycles. The second kappa shape index (κ2) is 7.41. The molecular weight excluding hydrogens is 341 g/mol. The molecule has 0 spiro atoms. The molecular formula is C22H18FN3O. The van der Waals surface area contributed by atoms with Gasteiger partial charge in [-0.1, -0.05) is 36.4 Å². The molecule has 0 fully saturated rings. The molecule has 0 bridgehead atoms. The average molecular weight is 359 g/mol. The van der Waals surface area contributed by atoms with Crippen molar-refractivity contribution in [2.45, 2.75) is 6.42 Å². The fraction of sp³-hybridized carbons (Fsp3) is 0.0909. The molecule has 0 atom stereocenters. The Morgan fingerprint density at radius 2 is 1.96 bits per heavy atom. The van der Waals surface area contributed by atoms with Crippen LogP contribution in [0.4, 0.5) is 4.39 Å². The Morgan fingerprint density at radius 1 is 1.07 bits per heavy atom. The van der Waals surface area contributed by atoms with Crippen LogP contribution in [0, 0.1) is 5.82 Å². The Morgan fingerprint density at radius 3 is 2.81 bits per heavy atom. The SMILES string of the molecule is C=CCCOc1cccc(-c2nc3ncc(-c4ccccc4F)cc3[nH]2)c1. The average Bonchev–Trinajstić information content (AvgIpc) is 3.12. The number of halogens is 1. The van der Waals surface area contributed by atoms with Crippen molar-refractivity contribution in [3.05, 3.63) is 79.3 Å². The topological polar surface area (TPSA) is 50.8 Å². The van der Waals surface area contributed by atoms with Gasteiger partial charge in [-0.15, -0.1) is 6.58 Å². The number of pyridine rings is 1. The first-order valence-corrected chi connectivity index (χ1v) is 8.69. The summed E-state index contributed by atoms with van der Waals surface area (Å²) < 4.78 is 19.7. The van der Waals surface area contributed by atoms with Crippen molar-refractivity contribution in [2.75, 3.05) is 6.61 Å². The highest BCUT2D eigenvalue weighted by molar-refractivity contribution is 5.81. The van der Waals surface area contributed by atoms with Gasteiger partial charge >= 0.3 is 0 Å². The Hall–Kier alpha value is -3.47. The number of imidazole rings is 1. The maximum atomic E-state index is 14.0. The van der Waals surface area contributed by atoms with E-state index in [2.05, 4.69) is 21.5 Å². The lowest BCUT2D eigenvalue weighted by atomic mass is 10.1. The van der Waals surface area contributed by atoms with Crippen molar-refractivity contribution < 1.29 is 9.13 Å². The van der Waals surface area contributed by atoms with Crippen molar-refractivity contribution in [1.29, 1.82) is 0 Å². The molecule has 0 unspecified atom stereocenters. The van der Waals surface area contributed by atoms with Gasteiger partial charge in [0.15, 0.2) is 5.65 Å². The van der Waals surface area contributed by atoms with Crippen molar-refractivity contribution in [2.24, 2.45) is 0 Å². The molecule has 4 aromatic rings. The van der Waals surface area contributed by atoms with Crippen LogP contribution >= 0.6 is 0 Å². The lowest BCUT2D eigenvalue weighted by Crippen LogP contribution is -1.95. The number of nitrogens with one attached hydrogen (secondary N) is 1. The number of nitrogens with zero attached hydrogens (tertiary/aromatic N) is 2. The zero-order valence-corrected chi connectivity index (χ0v) is 14.7. The van der Waals surface area contributed by atoms with Crippen LogP contribution in [-0.2, 0) is 0 Å². The van der Waals surface area contributed by atoms with Crippen molar-refractivity contribution >= 4 is 11.2 Å². The summed E-state index contributed by atoms with van der Waals surface area (Å²) in [5, 5.41) is 0. The number of ether oxygens (including phenoxy) is 1. The van der Waals surface area contributed by atoms with Crippen molar-refractivity contribution in [3.63, 3.8) is 0 Å². The molecule has 0 saturated heterocycles. The standard InChI is InChI=1S/C22H18FN3O/c1-2-3-11-27-17-8-6-7-15(12-17)21-25-20-13-16(14-24-22(20)26-21)18-9-4-5-10-19(18)23/h2,4-10,12-14H,1,3,11H2,(H,24,25,26). The summed E-state index contributed by atoms with van der Waals surface area (Å²) in [4.78, 5) is 12.2. The minimum absolute atomic E-state index is 0.275. The predicted octanol–water partition coefficient (Wildman–Crippen LogP) is 5.39. The van der Waals surface area contributed by atoms with E-state index in [0.717, 1.165) is 23.3 Å². The van der Waals surface area contributed by atoms with Gasteiger partial charge in [0.1, 0.15) is 17.4 Å². The summed E-state index contributed by atoms with van der Waals surface area (Å²) in [7, 11) is 0. The van der Waals surface area contributed by atoms with E-state index in [-0.39, 0.29) is 5.82 Å². The van der Waals surface area contributed by atoms with Crippen LogP contribution < -0.4 is 4.74 Å². The molecule has 134 valence electrons. The van der Waals surface area contributed by atoms with Crippen molar-refractivity contribution in [1.82, 2.24) is 15.0 Å². The van der Waals surface area contributed by atoms with Gasteiger partial charge in [0.05, 0.1) is 12.1 Å². The number of benzene rings is 2. The number of hydrogen-bond acceptors (Lipinski definition) is 3. The lowest BCUT2D eigenvalue weighted by Gasteiger charge is -2.05. The maximum absolute atomic E-state index is 14.0. The van der Waals surface area contributed by atoms with Crippen LogP contribution in [0.1, 0.15) is 6.42 Å². The van der Waals surface area contributed by atoms with Gasteiger partial charge in [0.2, 0.25) is 0 Å². The third kappa shape index (κ3) is 3.58. The highest BCUT2D eigenvalue weighted by Gasteiger charge is 2.10. The molecule has 4 nitrogen and oxygen atoms in total. The first-order chi connectivity index (χ1) is 13.2. The summed E-state index contributed by atoms with van der Waals surface area (Å²) in [6.07, 6.45) is 4.25. The zero-order valence-electron chi connectivity index (χ0n) is 14.7. The van der Waals surface area contributed by atoms with E-state index in [1.165, 1.54) is 6.07 Å². The largest absolute Gasteiger partial charge is 0.493 e. The smallest absolute Gasteiger partial charge is 0.178 e. The summed E-state index contributed by atoms with van der Waals surface area (Å²) in [5.41, 5.74) is 3.46. The van der Waals surface area contributed by atoms with E-state index >= 15 is 0 Å². The van der Waals surface area contributed by atoms with Crippen LogP contribution in [0.2, 0.25) is 0 Å². The highest BCUT2D eigenvalue weighted by Crippen LogP contribution is 2.27. The third-order valence-corrected chi connectivity index (χ3v) is 4.22. The fourth-order valence-corrected chi connectivity index (χ4v) is 2.87. The normalized spacial score (nSPS) is 10.9. The number of aromatic amines is 1. The molecule has 2 aromatic heterocycles. The first kappa shape index (κ1) is 17.0. The molecule has 0 aliphatic heterocycles. The molecule has 1 N–H and O–H groups in total. The van der Waals surface area contributed by atoms with Gasteiger partial charge in [0.25, 0.3) is 0 Å². The second-order valence-electron chi connectivity index (χ2n) is 6.11. The molecule has 0 aliphatic carbocycles. The number of fused-ring (bicyclic) bond motifs is 1. The summed E-state index contributed by atoms with van der Waals surface area (Å²) in [6, 6.07) is 16.2. The highest BCUT2D eigenvalue weighted by atomic mass is 19.1. The number of aromatic nitrogens is 3. The molecule has 0 saturated carbocycles. The Bertz CT molecular complexity index is 1100. The van der Waals surface area contributed by atoms with E-state index in [4.69, 9.17) is 4.74 Å². The minimum Gasteiger partial charge on any atom is -0.493 e. The van der Waals surface area contributed by atoms with Gasteiger partial charge in [0, 0.05) is 22.9 Å². The third-order valence-electron chi connectivity index (χ3n) is 4.22. The zero-order chi connectivity index (χ0) is 18.6. The first-order valence-electron chi connectivity index (χ1n) is 8.69. The van der Waals surface area contributed by atoms with Gasteiger partial charge < -0.3 is 9.72 Å². The Kier molecular flexibility index (Phi) is 4.66. The molecule has 5 heteroatoms. The van der Waals surface area contributed by atoms with Crippen LogP contribution in [0.25, 0.3) is 33.7 Å². The molecule has 4 rings (SSSR count). The number of H-pyrrole nitrogens is 1. The van der Waals surface area contributed by atoms with Gasteiger partial charge in [-0.05, 0) is 30.7 Å². The maximum Gasteiger partial charge on any atom is 0.178 e. The second-order valence-corrected chi connectivity index (χ2v) is 6.11. The fourth-order valence-electron chi connectivity index (χ4n) is 2.87. The van der Waals surface area contributed by atoms with Gasteiger partial charge in [-0.2, -0.15) is 0 Å². The van der Waals surface area contributed by atoms with Crippen LogP contribution in [0.15, 0.2) is 73.4 Å². The molecule has 0 amide bonds. The summed E-state index contributed by atoms with van der Waals surface area (Å²) >= 11 is 0. The lowest BCUT2D eigenvalue weighted by molar-refractivity contribution is 0.325. The molecule has 2 aromatic carbocycles. The Labute approximate surface area is 156 Å². The molecule has 0 radical (unpaired) electrons. The monoisotopic (exact) mass is 359 g/mol.